The summed E-state index contributed by atoms with van der Waals surface area (Å²) >= 11 is 3.94. The summed E-state index contributed by atoms with van der Waals surface area (Å²) in [6.07, 6.45) is -4.51. The van der Waals surface area contributed by atoms with E-state index in [1.807, 2.05) is 0 Å². The van der Waals surface area contributed by atoms with Crippen LogP contribution < -0.4 is 5.32 Å². The molecule has 0 aromatic heterocycles. The SMILES string of the molecule is O=C(CN1CCSC1=O)Nc1ccc(Br)c(C(F)(F)F)c1. The van der Waals surface area contributed by atoms with Crippen LogP contribution in [-0.2, 0) is 11.0 Å². The van der Waals surface area contributed by atoms with Gasteiger partial charge in [0.25, 0.3) is 5.24 Å². The highest BCUT2D eigenvalue weighted by molar-refractivity contribution is 9.10. The van der Waals surface area contributed by atoms with E-state index >= 15 is 0 Å². The van der Waals surface area contributed by atoms with Crippen molar-refractivity contribution in [1.82, 2.24) is 4.90 Å². The Balaban J connectivity index is 2.06. The maximum atomic E-state index is 12.7. The van der Waals surface area contributed by atoms with Crippen molar-refractivity contribution in [2.45, 2.75) is 6.18 Å². The lowest BCUT2D eigenvalue weighted by atomic mass is 10.2. The van der Waals surface area contributed by atoms with Crippen molar-refractivity contribution >= 4 is 44.5 Å². The van der Waals surface area contributed by atoms with Crippen LogP contribution in [0.3, 0.4) is 0 Å². The van der Waals surface area contributed by atoms with E-state index in [-0.39, 0.29) is 21.9 Å². The predicted octanol–water partition coefficient (Wildman–Crippen LogP) is 3.58. The zero-order valence-corrected chi connectivity index (χ0v) is 12.9. The fourth-order valence-corrected chi connectivity index (χ4v) is 3.06. The molecule has 114 valence electrons. The molecular weight excluding hydrogens is 373 g/mol. The predicted molar refractivity (Wildman–Crippen MR) is 77.2 cm³/mol. The average Bonchev–Trinajstić information content (AvgIpc) is 2.76. The van der Waals surface area contributed by atoms with Crippen LogP contribution in [0, 0.1) is 0 Å². The van der Waals surface area contributed by atoms with Crippen LogP contribution in [-0.4, -0.2) is 34.9 Å². The zero-order valence-electron chi connectivity index (χ0n) is 10.5. The molecule has 1 aromatic rings. The number of halogens is 4. The van der Waals surface area contributed by atoms with Gasteiger partial charge in [-0.05, 0) is 18.2 Å². The minimum Gasteiger partial charge on any atom is -0.325 e. The molecule has 0 aliphatic carbocycles. The number of carbonyl (C=O) groups excluding carboxylic acids is 2. The Morgan fingerprint density at radius 1 is 1.43 bits per heavy atom. The van der Waals surface area contributed by atoms with Crippen molar-refractivity contribution in [2.75, 3.05) is 24.2 Å². The maximum absolute atomic E-state index is 12.7. The van der Waals surface area contributed by atoms with Crippen LogP contribution in [0.15, 0.2) is 22.7 Å². The number of anilines is 1. The number of carbonyl (C=O) groups is 2. The Morgan fingerprint density at radius 2 is 2.14 bits per heavy atom. The lowest BCUT2D eigenvalue weighted by Gasteiger charge is -2.15. The molecule has 0 radical (unpaired) electrons. The summed E-state index contributed by atoms with van der Waals surface area (Å²) in [5, 5.41) is 2.17. The summed E-state index contributed by atoms with van der Waals surface area (Å²) in [6.45, 7) is 0.300. The molecule has 1 N–H and O–H groups in total. The van der Waals surface area contributed by atoms with Gasteiger partial charge in [-0.25, -0.2) is 0 Å². The van der Waals surface area contributed by atoms with E-state index in [1.165, 1.54) is 17.0 Å². The molecule has 0 spiro atoms. The summed E-state index contributed by atoms with van der Waals surface area (Å²) in [7, 11) is 0. The number of thioether (sulfide) groups is 1. The Kier molecular flexibility index (Phi) is 4.82. The van der Waals surface area contributed by atoms with Gasteiger partial charge in [0.1, 0.15) is 6.54 Å². The highest BCUT2D eigenvalue weighted by atomic mass is 79.9. The standard InChI is InChI=1S/C12H10BrF3N2O2S/c13-9-2-1-7(5-8(9)12(14,15)16)17-10(19)6-18-3-4-21-11(18)20/h1-2,5H,3-4,6H2,(H,17,19). The Labute approximate surface area is 131 Å². The van der Waals surface area contributed by atoms with Crippen molar-refractivity contribution in [3.05, 3.63) is 28.2 Å². The van der Waals surface area contributed by atoms with Gasteiger partial charge in [-0.1, -0.05) is 27.7 Å². The third-order valence-corrected chi connectivity index (χ3v) is 4.32. The molecule has 2 amide bonds. The molecule has 1 aliphatic heterocycles. The third-order valence-electron chi connectivity index (χ3n) is 2.73. The molecule has 1 fully saturated rings. The Hall–Kier alpha value is -1.22. The van der Waals surface area contributed by atoms with Gasteiger partial charge in [0.05, 0.1) is 5.56 Å². The maximum Gasteiger partial charge on any atom is 0.417 e. The van der Waals surface area contributed by atoms with E-state index in [2.05, 4.69) is 21.2 Å². The molecule has 1 aromatic carbocycles. The summed E-state index contributed by atoms with van der Waals surface area (Å²) in [5.74, 6) is 0.0871. The Morgan fingerprint density at radius 3 is 2.71 bits per heavy atom. The number of hydrogen-bond acceptors (Lipinski definition) is 3. The topological polar surface area (TPSA) is 49.4 Å². The van der Waals surface area contributed by atoms with Gasteiger partial charge in [-0.3, -0.25) is 9.59 Å². The van der Waals surface area contributed by atoms with E-state index in [0.717, 1.165) is 17.8 Å². The van der Waals surface area contributed by atoms with Gasteiger partial charge in [0, 0.05) is 22.5 Å². The van der Waals surface area contributed by atoms with Crippen LogP contribution in [0.4, 0.5) is 23.7 Å². The first-order chi connectivity index (χ1) is 9.77. The number of nitrogens with one attached hydrogen (secondary N) is 1. The van der Waals surface area contributed by atoms with Crippen LogP contribution >= 0.6 is 27.7 Å². The molecule has 1 saturated heterocycles. The highest BCUT2D eigenvalue weighted by Crippen LogP contribution is 2.36. The quantitative estimate of drug-likeness (QED) is 0.868. The number of benzene rings is 1. The van der Waals surface area contributed by atoms with Gasteiger partial charge in [-0.2, -0.15) is 13.2 Å². The first kappa shape index (κ1) is 16.2. The van der Waals surface area contributed by atoms with E-state index < -0.39 is 17.6 Å². The summed E-state index contributed by atoms with van der Waals surface area (Å²) in [6, 6.07) is 3.43. The van der Waals surface area contributed by atoms with Crippen molar-refractivity contribution in [2.24, 2.45) is 0 Å². The first-order valence-electron chi connectivity index (χ1n) is 5.85. The fourth-order valence-electron chi connectivity index (χ4n) is 1.76. The second kappa shape index (κ2) is 6.27. The first-order valence-corrected chi connectivity index (χ1v) is 7.63. The normalized spacial score (nSPS) is 15.4. The summed E-state index contributed by atoms with van der Waals surface area (Å²) < 4.78 is 38.1. The van der Waals surface area contributed by atoms with Gasteiger partial charge in [-0.15, -0.1) is 0 Å². The van der Waals surface area contributed by atoms with Crippen LogP contribution in [0.1, 0.15) is 5.56 Å². The minimum atomic E-state index is -4.51. The largest absolute Gasteiger partial charge is 0.417 e. The van der Waals surface area contributed by atoms with Gasteiger partial charge >= 0.3 is 6.18 Å². The second-order valence-electron chi connectivity index (χ2n) is 4.28. The van der Waals surface area contributed by atoms with Crippen molar-refractivity contribution in [3.63, 3.8) is 0 Å². The number of amides is 2. The molecule has 2 rings (SSSR count). The molecule has 1 aliphatic rings. The van der Waals surface area contributed by atoms with Crippen molar-refractivity contribution < 1.29 is 22.8 Å². The van der Waals surface area contributed by atoms with Gasteiger partial charge in [0.15, 0.2) is 0 Å². The number of hydrogen-bond donors (Lipinski definition) is 1. The van der Waals surface area contributed by atoms with E-state index in [0.29, 0.717) is 12.3 Å². The molecule has 1 heterocycles. The van der Waals surface area contributed by atoms with E-state index in [9.17, 15) is 22.8 Å². The third kappa shape index (κ3) is 4.13. The lowest BCUT2D eigenvalue weighted by molar-refractivity contribution is -0.138. The molecule has 21 heavy (non-hydrogen) atoms. The number of nitrogens with zero attached hydrogens (tertiary/aromatic N) is 1. The molecule has 0 saturated carbocycles. The molecule has 9 heteroatoms. The van der Waals surface area contributed by atoms with Crippen LogP contribution in [0.5, 0.6) is 0 Å². The monoisotopic (exact) mass is 382 g/mol. The number of alkyl halides is 3. The lowest BCUT2D eigenvalue weighted by Crippen LogP contribution is -2.33. The highest BCUT2D eigenvalue weighted by Gasteiger charge is 2.33. The van der Waals surface area contributed by atoms with Crippen LogP contribution in [0.25, 0.3) is 0 Å². The van der Waals surface area contributed by atoms with E-state index in [4.69, 9.17) is 0 Å². The summed E-state index contributed by atoms with van der Waals surface area (Å²) in [4.78, 5) is 24.4. The van der Waals surface area contributed by atoms with Crippen molar-refractivity contribution in [3.8, 4) is 0 Å². The molecule has 0 bridgehead atoms. The Bertz CT molecular complexity index is 580. The molecule has 0 atom stereocenters. The number of rotatable bonds is 3. The average molecular weight is 383 g/mol. The van der Waals surface area contributed by atoms with E-state index in [1.54, 1.807) is 0 Å². The zero-order chi connectivity index (χ0) is 15.6. The molecule has 4 nitrogen and oxygen atoms in total. The smallest absolute Gasteiger partial charge is 0.325 e. The van der Waals surface area contributed by atoms with Crippen LogP contribution in [0.2, 0.25) is 0 Å². The molecule has 0 unspecified atom stereocenters. The van der Waals surface area contributed by atoms with Crippen molar-refractivity contribution in [1.29, 1.82) is 0 Å². The summed E-state index contributed by atoms with van der Waals surface area (Å²) in [5.41, 5.74) is -0.831. The molecular formula is C12H10BrF3N2O2S. The van der Waals surface area contributed by atoms with Gasteiger partial charge < -0.3 is 10.2 Å². The fraction of sp³-hybridized carbons (Fsp3) is 0.333. The van der Waals surface area contributed by atoms with Gasteiger partial charge in [0.2, 0.25) is 5.91 Å². The second-order valence-corrected chi connectivity index (χ2v) is 6.18. The minimum absolute atomic E-state index is 0.0369.